The van der Waals surface area contributed by atoms with Crippen LogP contribution < -0.4 is 5.32 Å². The Morgan fingerprint density at radius 3 is 2.91 bits per heavy atom. The zero-order chi connectivity index (χ0) is 8.27. The maximum Gasteiger partial charge on any atom is 0.162 e. The fourth-order valence-electron chi connectivity index (χ4n) is 1.20. The van der Waals surface area contributed by atoms with Gasteiger partial charge in [-0.1, -0.05) is 19.9 Å². The molecule has 64 valence electrons. The summed E-state index contributed by atoms with van der Waals surface area (Å²) in [6.07, 6.45) is 3.05. The normalized spacial score (nSPS) is 18.3. The number of hydrogen-bond acceptors (Lipinski definition) is 2. The number of carbonyl (C=O) groups excluding carboxylic acids is 1. The Balaban J connectivity index is 0.00000121. The molecule has 2 nitrogen and oxygen atoms in total. The summed E-state index contributed by atoms with van der Waals surface area (Å²) in [5.41, 5.74) is 0.964. The molecule has 0 aromatic carbocycles. The van der Waals surface area contributed by atoms with Crippen LogP contribution in [0.25, 0.3) is 0 Å². The Hall–Kier alpha value is -0.630. The highest BCUT2D eigenvalue weighted by Crippen LogP contribution is 2.08. The Morgan fingerprint density at radius 1 is 1.73 bits per heavy atom. The highest BCUT2D eigenvalue weighted by Gasteiger charge is 2.14. The van der Waals surface area contributed by atoms with Gasteiger partial charge in [-0.15, -0.1) is 0 Å². The maximum absolute atomic E-state index is 11.4. The molecule has 0 aromatic heterocycles. The highest BCUT2D eigenvalue weighted by atomic mass is 16.1. The lowest BCUT2D eigenvalue weighted by atomic mass is 9.98. The molecule has 0 unspecified atom stereocenters. The van der Waals surface area contributed by atoms with Crippen LogP contribution in [0, 0.1) is 5.92 Å². The summed E-state index contributed by atoms with van der Waals surface area (Å²) < 4.78 is 0. The van der Waals surface area contributed by atoms with E-state index in [1.807, 2.05) is 13.8 Å². The van der Waals surface area contributed by atoms with Gasteiger partial charge in [-0.25, -0.2) is 0 Å². The second-order valence-electron chi connectivity index (χ2n) is 3.21. The average Bonchev–Trinajstić information content (AvgIpc) is 2.05. The van der Waals surface area contributed by atoms with Crippen molar-refractivity contribution in [2.45, 2.75) is 20.3 Å². The van der Waals surface area contributed by atoms with Gasteiger partial charge in [-0.05, 0) is 13.0 Å². The Kier molecular flexibility index (Phi) is 2.83. The van der Waals surface area contributed by atoms with E-state index < -0.39 is 0 Å². The van der Waals surface area contributed by atoms with Crippen LogP contribution in [0.15, 0.2) is 11.6 Å². The lowest BCUT2D eigenvalue weighted by molar-refractivity contribution is -0.118. The standard InChI is InChI=1S/C9H15NO.H2/c1-7(2)9(11)8-4-3-5-10-6-8;/h4,7,10H,3,5-6H2,1-2H3;1H. The third-order valence-electron chi connectivity index (χ3n) is 1.87. The third-order valence-corrected chi connectivity index (χ3v) is 1.87. The monoisotopic (exact) mass is 155 g/mol. The first-order chi connectivity index (χ1) is 5.22. The molecule has 0 saturated carbocycles. The van der Waals surface area contributed by atoms with E-state index in [9.17, 15) is 4.79 Å². The number of rotatable bonds is 2. The molecular weight excluding hydrogens is 138 g/mol. The van der Waals surface area contributed by atoms with Crippen LogP contribution in [0.3, 0.4) is 0 Å². The molecule has 0 atom stereocenters. The molecule has 0 radical (unpaired) electrons. The van der Waals surface area contributed by atoms with Crippen molar-refractivity contribution >= 4 is 5.78 Å². The van der Waals surface area contributed by atoms with E-state index in [-0.39, 0.29) is 13.1 Å². The van der Waals surface area contributed by atoms with Crippen molar-refractivity contribution in [1.29, 1.82) is 0 Å². The predicted octanol–water partition coefficient (Wildman–Crippen LogP) is 1.38. The van der Waals surface area contributed by atoms with Gasteiger partial charge in [0.1, 0.15) is 0 Å². The number of Topliss-reactive ketones (excluding diaryl/α,β-unsaturated/α-hetero) is 1. The molecule has 0 aliphatic carbocycles. The van der Waals surface area contributed by atoms with Gasteiger partial charge >= 0.3 is 0 Å². The highest BCUT2D eigenvalue weighted by molar-refractivity contribution is 5.97. The molecule has 0 saturated heterocycles. The maximum atomic E-state index is 11.4. The number of hydrogen-bond donors (Lipinski definition) is 1. The molecule has 11 heavy (non-hydrogen) atoms. The van der Waals surface area contributed by atoms with Crippen molar-refractivity contribution in [1.82, 2.24) is 5.32 Å². The molecule has 1 aliphatic rings. The summed E-state index contributed by atoms with van der Waals surface area (Å²) in [7, 11) is 0. The van der Waals surface area contributed by atoms with E-state index in [0.717, 1.165) is 25.1 Å². The summed E-state index contributed by atoms with van der Waals surface area (Å²) >= 11 is 0. The SMILES string of the molecule is CC(C)C(=O)C1=CCCNC1.[HH]. The van der Waals surface area contributed by atoms with E-state index in [0.29, 0.717) is 0 Å². The largest absolute Gasteiger partial charge is 0.312 e. The summed E-state index contributed by atoms with van der Waals surface area (Å²) in [5.74, 6) is 0.429. The zero-order valence-corrected chi connectivity index (χ0v) is 7.18. The van der Waals surface area contributed by atoms with Crippen molar-refractivity contribution in [3.8, 4) is 0 Å². The van der Waals surface area contributed by atoms with Gasteiger partial charge < -0.3 is 5.32 Å². The van der Waals surface area contributed by atoms with Crippen molar-refractivity contribution in [3.05, 3.63) is 11.6 Å². The van der Waals surface area contributed by atoms with Crippen LogP contribution in [0.1, 0.15) is 21.7 Å². The minimum atomic E-state index is 0. The minimum absolute atomic E-state index is 0. The predicted molar refractivity (Wildman–Crippen MR) is 47.5 cm³/mol. The molecule has 1 N–H and O–H groups in total. The van der Waals surface area contributed by atoms with Crippen LogP contribution in [0.5, 0.6) is 0 Å². The Labute approximate surface area is 69.2 Å². The van der Waals surface area contributed by atoms with Gasteiger partial charge in [-0.2, -0.15) is 0 Å². The molecule has 2 heteroatoms. The summed E-state index contributed by atoms with van der Waals surface area (Å²) in [6.45, 7) is 5.65. The summed E-state index contributed by atoms with van der Waals surface area (Å²) in [6, 6.07) is 0. The van der Waals surface area contributed by atoms with Crippen molar-refractivity contribution in [2.75, 3.05) is 13.1 Å². The lowest BCUT2D eigenvalue weighted by Crippen LogP contribution is -2.27. The molecular formula is C9H17NO. The van der Waals surface area contributed by atoms with Gasteiger partial charge in [0.2, 0.25) is 0 Å². The molecule has 1 heterocycles. The van der Waals surface area contributed by atoms with Gasteiger partial charge in [0.15, 0.2) is 5.78 Å². The first-order valence-corrected chi connectivity index (χ1v) is 4.16. The van der Waals surface area contributed by atoms with Crippen molar-refractivity contribution in [3.63, 3.8) is 0 Å². The lowest BCUT2D eigenvalue weighted by Gasteiger charge is -2.14. The van der Waals surface area contributed by atoms with Crippen LogP contribution in [-0.4, -0.2) is 18.9 Å². The molecule has 0 bridgehead atoms. The second kappa shape index (κ2) is 3.67. The molecule has 1 rings (SSSR count). The number of nitrogens with one attached hydrogen (secondary N) is 1. The van der Waals surface area contributed by atoms with Gasteiger partial charge in [0.05, 0.1) is 0 Å². The molecule has 0 aromatic rings. The van der Waals surface area contributed by atoms with Crippen molar-refractivity contribution < 1.29 is 6.22 Å². The van der Waals surface area contributed by atoms with Crippen LogP contribution in [0.2, 0.25) is 0 Å². The van der Waals surface area contributed by atoms with E-state index in [2.05, 4.69) is 11.4 Å². The Morgan fingerprint density at radius 2 is 2.45 bits per heavy atom. The second-order valence-corrected chi connectivity index (χ2v) is 3.21. The van der Waals surface area contributed by atoms with E-state index in [4.69, 9.17) is 0 Å². The van der Waals surface area contributed by atoms with Crippen LogP contribution in [-0.2, 0) is 4.79 Å². The molecule has 1 aliphatic heterocycles. The zero-order valence-electron chi connectivity index (χ0n) is 7.18. The van der Waals surface area contributed by atoms with E-state index in [1.165, 1.54) is 0 Å². The fourth-order valence-corrected chi connectivity index (χ4v) is 1.20. The quantitative estimate of drug-likeness (QED) is 0.652. The fraction of sp³-hybridized carbons (Fsp3) is 0.667. The first-order valence-electron chi connectivity index (χ1n) is 4.16. The van der Waals surface area contributed by atoms with E-state index in [1.54, 1.807) is 0 Å². The summed E-state index contributed by atoms with van der Waals surface area (Å²) in [4.78, 5) is 11.4. The molecule has 0 fully saturated rings. The van der Waals surface area contributed by atoms with Gasteiger partial charge in [-0.3, -0.25) is 4.79 Å². The Bertz CT molecular complexity index is 187. The topological polar surface area (TPSA) is 29.1 Å². The number of ketones is 1. The number of carbonyl (C=O) groups is 1. The van der Waals surface area contributed by atoms with Crippen molar-refractivity contribution in [2.24, 2.45) is 5.92 Å². The molecule has 0 spiro atoms. The average molecular weight is 155 g/mol. The first kappa shape index (κ1) is 8.47. The van der Waals surface area contributed by atoms with Gasteiger partial charge in [0, 0.05) is 19.5 Å². The smallest absolute Gasteiger partial charge is 0.162 e. The van der Waals surface area contributed by atoms with E-state index >= 15 is 0 Å². The van der Waals surface area contributed by atoms with Crippen LogP contribution >= 0.6 is 0 Å². The summed E-state index contributed by atoms with van der Waals surface area (Å²) in [5, 5.41) is 3.18. The van der Waals surface area contributed by atoms with Crippen LogP contribution in [0.4, 0.5) is 0 Å². The third kappa shape index (κ3) is 2.15. The molecule has 0 amide bonds. The minimum Gasteiger partial charge on any atom is -0.312 e. The van der Waals surface area contributed by atoms with Gasteiger partial charge in [0.25, 0.3) is 0 Å².